The molecule has 0 saturated carbocycles. The van der Waals surface area contributed by atoms with Crippen LogP contribution in [0.25, 0.3) is 0 Å². The van der Waals surface area contributed by atoms with E-state index in [4.69, 9.17) is 4.42 Å². The lowest BCUT2D eigenvalue weighted by molar-refractivity contribution is 0.102. The molecule has 0 spiro atoms. The number of amides is 1. The van der Waals surface area contributed by atoms with Gasteiger partial charge in [-0.25, -0.2) is 4.79 Å². The highest BCUT2D eigenvalue weighted by Crippen LogP contribution is 2.26. The van der Waals surface area contributed by atoms with Crippen LogP contribution in [0.5, 0.6) is 0 Å². The molecule has 0 aromatic carbocycles. The van der Waals surface area contributed by atoms with Crippen molar-refractivity contribution in [1.29, 1.82) is 0 Å². The largest absolute Gasteiger partial charge is 0.427 e. The van der Waals surface area contributed by atoms with E-state index in [1.165, 1.54) is 0 Å². The van der Waals surface area contributed by atoms with Crippen LogP contribution in [0, 0.1) is 20.8 Å². The summed E-state index contributed by atoms with van der Waals surface area (Å²) in [6, 6.07) is 1.82. The second kappa shape index (κ2) is 6.60. The van der Waals surface area contributed by atoms with Crippen LogP contribution in [0.4, 0.5) is 5.69 Å². The lowest BCUT2D eigenvalue weighted by Crippen LogP contribution is -2.28. The molecule has 3 N–H and O–H groups in total. The van der Waals surface area contributed by atoms with E-state index in [1.54, 1.807) is 13.8 Å². The minimum atomic E-state index is -0.583. The van der Waals surface area contributed by atoms with Gasteiger partial charge in [0.2, 0.25) is 0 Å². The van der Waals surface area contributed by atoms with Crippen LogP contribution < -0.4 is 16.3 Å². The fourth-order valence-corrected chi connectivity index (χ4v) is 3.12. The van der Waals surface area contributed by atoms with Gasteiger partial charge in [0.1, 0.15) is 11.3 Å². The Morgan fingerprint density at radius 3 is 2.58 bits per heavy atom. The average molecular weight is 330 g/mol. The normalized spacial score (nSPS) is 15.5. The molecule has 0 atom stereocenters. The van der Waals surface area contributed by atoms with Gasteiger partial charge in [-0.1, -0.05) is 0 Å². The Balaban J connectivity index is 1.88. The summed E-state index contributed by atoms with van der Waals surface area (Å²) in [5, 5.41) is 12.9. The fourth-order valence-electron chi connectivity index (χ4n) is 3.12. The third kappa shape index (κ3) is 3.12. The summed E-state index contributed by atoms with van der Waals surface area (Å²) in [7, 11) is 0. The van der Waals surface area contributed by atoms with Gasteiger partial charge in [0.05, 0.1) is 17.1 Å². The lowest BCUT2D eigenvalue weighted by atomic mass is 9.94. The van der Waals surface area contributed by atoms with Gasteiger partial charge >= 0.3 is 5.63 Å². The Hall–Kier alpha value is -2.41. The van der Waals surface area contributed by atoms with Crippen molar-refractivity contribution < 1.29 is 9.21 Å². The van der Waals surface area contributed by atoms with Crippen LogP contribution in [-0.2, 0) is 0 Å². The number of nitrogens with one attached hydrogen (secondary N) is 3. The first-order valence-electron chi connectivity index (χ1n) is 8.15. The number of nitrogens with zero attached hydrogens (tertiary/aromatic N) is 1. The van der Waals surface area contributed by atoms with E-state index in [2.05, 4.69) is 20.8 Å². The molecular formula is C17H22N4O3. The molecule has 0 aliphatic carbocycles. The van der Waals surface area contributed by atoms with E-state index in [-0.39, 0.29) is 11.5 Å². The number of hydrogen-bond acceptors (Lipinski definition) is 5. The monoisotopic (exact) mass is 330 g/mol. The number of piperidine rings is 1. The highest BCUT2D eigenvalue weighted by atomic mass is 16.4. The number of anilines is 1. The molecule has 0 bridgehead atoms. The van der Waals surface area contributed by atoms with Crippen molar-refractivity contribution in [3.63, 3.8) is 0 Å². The number of rotatable bonds is 3. The summed E-state index contributed by atoms with van der Waals surface area (Å²) >= 11 is 0. The van der Waals surface area contributed by atoms with Crippen LogP contribution in [-0.4, -0.2) is 29.2 Å². The van der Waals surface area contributed by atoms with Gasteiger partial charge in [0.25, 0.3) is 5.91 Å². The number of hydrogen-bond donors (Lipinski definition) is 3. The van der Waals surface area contributed by atoms with Crippen LogP contribution in [0.3, 0.4) is 0 Å². The molecule has 3 heterocycles. The maximum Gasteiger partial charge on any atom is 0.349 e. The molecular weight excluding hydrogens is 308 g/mol. The molecule has 3 rings (SSSR count). The van der Waals surface area contributed by atoms with Crippen LogP contribution in [0.15, 0.2) is 15.3 Å². The fraction of sp³-hybridized carbons (Fsp3) is 0.471. The van der Waals surface area contributed by atoms with Gasteiger partial charge in [-0.3, -0.25) is 9.89 Å². The van der Waals surface area contributed by atoms with Crippen molar-refractivity contribution in [2.24, 2.45) is 0 Å². The van der Waals surface area contributed by atoms with Crippen LogP contribution in [0.2, 0.25) is 0 Å². The molecule has 1 aliphatic rings. The molecule has 1 saturated heterocycles. The van der Waals surface area contributed by atoms with Crippen molar-refractivity contribution in [3.05, 3.63) is 44.8 Å². The summed E-state index contributed by atoms with van der Waals surface area (Å²) in [6.07, 6.45) is 1.86. The van der Waals surface area contributed by atoms with Gasteiger partial charge in [-0.15, -0.1) is 0 Å². The first-order valence-corrected chi connectivity index (χ1v) is 8.15. The standard InChI is InChI=1S/C17H22N4O3/c1-9-8-13(12-4-6-18-7-5-12)24-17(23)14(9)16(22)19-15-10(2)20-21-11(15)3/h8,12,18H,4-7H2,1-3H3,(H,19,22)(H,20,21). The molecule has 1 amide bonds. The Labute approximate surface area is 139 Å². The van der Waals surface area contributed by atoms with Gasteiger partial charge in [0.15, 0.2) is 0 Å². The summed E-state index contributed by atoms with van der Waals surface area (Å²) in [4.78, 5) is 24.9. The molecule has 0 unspecified atom stereocenters. The smallest absolute Gasteiger partial charge is 0.349 e. The molecule has 2 aromatic rings. The Kier molecular flexibility index (Phi) is 4.53. The average Bonchev–Trinajstić information content (AvgIpc) is 2.87. The summed E-state index contributed by atoms with van der Waals surface area (Å²) in [5.74, 6) is 0.435. The Bertz CT molecular complexity index is 796. The molecule has 1 aliphatic heterocycles. The highest BCUT2D eigenvalue weighted by Gasteiger charge is 2.23. The maximum absolute atomic E-state index is 12.5. The minimum Gasteiger partial charge on any atom is -0.427 e. The SMILES string of the molecule is Cc1cc(C2CCNCC2)oc(=O)c1C(=O)Nc1c(C)n[nH]c1C. The molecule has 2 aromatic heterocycles. The summed E-state index contributed by atoms with van der Waals surface area (Å²) in [5.41, 5.74) is 2.12. The molecule has 24 heavy (non-hydrogen) atoms. The second-order valence-corrected chi connectivity index (χ2v) is 6.28. The van der Waals surface area contributed by atoms with E-state index in [0.29, 0.717) is 22.7 Å². The van der Waals surface area contributed by atoms with Crippen molar-refractivity contribution in [3.8, 4) is 0 Å². The molecule has 7 nitrogen and oxygen atoms in total. The van der Waals surface area contributed by atoms with Gasteiger partial charge in [-0.05, 0) is 58.3 Å². The van der Waals surface area contributed by atoms with E-state index < -0.39 is 11.5 Å². The number of aromatic amines is 1. The third-order valence-corrected chi connectivity index (χ3v) is 4.50. The topological polar surface area (TPSA) is 100 Å². The van der Waals surface area contributed by atoms with Crippen molar-refractivity contribution in [1.82, 2.24) is 15.5 Å². The van der Waals surface area contributed by atoms with E-state index in [1.807, 2.05) is 13.0 Å². The molecule has 128 valence electrons. The Morgan fingerprint density at radius 2 is 2.00 bits per heavy atom. The summed E-state index contributed by atoms with van der Waals surface area (Å²) < 4.78 is 5.46. The maximum atomic E-state index is 12.5. The zero-order valence-electron chi connectivity index (χ0n) is 14.2. The zero-order chi connectivity index (χ0) is 17.3. The third-order valence-electron chi connectivity index (χ3n) is 4.50. The molecule has 7 heteroatoms. The predicted molar refractivity (Wildman–Crippen MR) is 90.6 cm³/mol. The van der Waals surface area contributed by atoms with Crippen molar-refractivity contribution >= 4 is 11.6 Å². The van der Waals surface area contributed by atoms with Crippen molar-refractivity contribution in [2.75, 3.05) is 18.4 Å². The number of carbonyl (C=O) groups excluding carboxylic acids is 1. The first kappa shape index (κ1) is 16.4. The van der Waals surface area contributed by atoms with E-state index in [0.717, 1.165) is 31.6 Å². The number of carbonyl (C=O) groups is 1. The highest BCUT2D eigenvalue weighted by molar-refractivity contribution is 6.05. The van der Waals surface area contributed by atoms with Crippen LogP contribution >= 0.6 is 0 Å². The second-order valence-electron chi connectivity index (χ2n) is 6.28. The predicted octanol–water partition coefficient (Wildman–Crippen LogP) is 2.01. The zero-order valence-corrected chi connectivity index (χ0v) is 14.2. The van der Waals surface area contributed by atoms with Gasteiger partial charge in [0, 0.05) is 5.92 Å². The quantitative estimate of drug-likeness (QED) is 0.799. The number of aromatic nitrogens is 2. The van der Waals surface area contributed by atoms with Crippen LogP contribution in [0.1, 0.15) is 51.8 Å². The molecule has 1 fully saturated rings. The Morgan fingerprint density at radius 1 is 1.29 bits per heavy atom. The number of H-pyrrole nitrogens is 1. The lowest BCUT2D eigenvalue weighted by Gasteiger charge is -2.21. The first-order chi connectivity index (χ1) is 11.5. The van der Waals surface area contributed by atoms with E-state index in [9.17, 15) is 9.59 Å². The van der Waals surface area contributed by atoms with Gasteiger partial charge < -0.3 is 15.1 Å². The summed E-state index contributed by atoms with van der Waals surface area (Å²) in [6.45, 7) is 7.19. The number of aryl methyl sites for hydroxylation is 3. The minimum absolute atomic E-state index is 0.0488. The van der Waals surface area contributed by atoms with Crippen molar-refractivity contribution in [2.45, 2.75) is 39.5 Å². The molecule has 0 radical (unpaired) electrons. The van der Waals surface area contributed by atoms with Gasteiger partial charge in [-0.2, -0.15) is 5.10 Å². The van der Waals surface area contributed by atoms with E-state index >= 15 is 0 Å².